The number of nitrogens with zero attached hydrogens (tertiary/aromatic N) is 1. The van der Waals surface area contributed by atoms with Crippen molar-refractivity contribution in [2.45, 2.75) is 6.92 Å². The Morgan fingerprint density at radius 2 is 1.95 bits per heavy atom. The molecule has 0 fully saturated rings. The van der Waals surface area contributed by atoms with Gasteiger partial charge in [-0.1, -0.05) is 27.6 Å². The van der Waals surface area contributed by atoms with E-state index in [4.69, 9.17) is 0 Å². The quantitative estimate of drug-likeness (QED) is 0.698. The first-order valence-electron chi connectivity index (χ1n) is 5.66. The van der Waals surface area contributed by atoms with Crippen LogP contribution in [-0.4, -0.2) is 9.97 Å². The Labute approximate surface area is 116 Å². The smallest absolute Gasteiger partial charge is 0.186 e. The molecule has 19 heavy (non-hydrogen) atoms. The summed E-state index contributed by atoms with van der Waals surface area (Å²) in [5, 5.41) is 0. The molecule has 0 atom stereocenters. The predicted octanol–water partition coefficient (Wildman–Crippen LogP) is 4.58. The molecule has 0 aliphatic carbocycles. The zero-order valence-corrected chi connectivity index (χ0v) is 11.6. The standard InChI is InChI=1S/C14H9BrF2N2/c1-7-2-3-9(15)8(6-7)14-18-11-5-4-10(16)12(17)13(11)19-14/h2-6H,1H3,(H,18,19). The maximum Gasteiger partial charge on any atom is 0.186 e. The normalized spacial score (nSPS) is 11.2. The van der Waals surface area contributed by atoms with E-state index in [1.807, 2.05) is 25.1 Å². The minimum Gasteiger partial charge on any atom is -0.338 e. The molecular formula is C14H9BrF2N2. The lowest BCUT2D eigenvalue weighted by Crippen LogP contribution is -1.85. The molecule has 0 radical (unpaired) electrons. The van der Waals surface area contributed by atoms with Gasteiger partial charge in [-0.25, -0.2) is 13.8 Å². The van der Waals surface area contributed by atoms with Crippen molar-refractivity contribution in [1.29, 1.82) is 0 Å². The Bertz CT molecular complexity index is 780. The van der Waals surface area contributed by atoms with E-state index >= 15 is 0 Å². The Kier molecular flexibility index (Phi) is 2.86. The zero-order valence-electron chi connectivity index (χ0n) is 9.97. The summed E-state index contributed by atoms with van der Waals surface area (Å²) in [7, 11) is 0. The number of aromatic nitrogens is 2. The number of fused-ring (bicyclic) bond motifs is 1. The average Bonchev–Trinajstić information content (AvgIpc) is 2.81. The van der Waals surface area contributed by atoms with Gasteiger partial charge >= 0.3 is 0 Å². The summed E-state index contributed by atoms with van der Waals surface area (Å²) in [6.07, 6.45) is 0. The second-order valence-electron chi connectivity index (χ2n) is 4.33. The van der Waals surface area contributed by atoms with Gasteiger partial charge in [0.1, 0.15) is 11.3 Å². The molecule has 0 bridgehead atoms. The maximum atomic E-state index is 13.6. The van der Waals surface area contributed by atoms with E-state index in [1.54, 1.807) is 0 Å². The van der Waals surface area contributed by atoms with Crippen LogP contribution in [0.3, 0.4) is 0 Å². The van der Waals surface area contributed by atoms with Gasteiger partial charge in [-0.15, -0.1) is 0 Å². The molecular weight excluding hydrogens is 314 g/mol. The van der Waals surface area contributed by atoms with Gasteiger partial charge in [0.05, 0.1) is 5.52 Å². The second kappa shape index (κ2) is 4.42. The van der Waals surface area contributed by atoms with Gasteiger partial charge in [0, 0.05) is 10.0 Å². The predicted molar refractivity (Wildman–Crippen MR) is 73.9 cm³/mol. The molecule has 2 nitrogen and oxygen atoms in total. The van der Waals surface area contributed by atoms with Crippen LogP contribution >= 0.6 is 15.9 Å². The number of hydrogen-bond donors (Lipinski definition) is 1. The first-order valence-corrected chi connectivity index (χ1v) is 6.46. The van der Waals surface area contributed by atoms with Crippen LogP contribution in [0.15, 0.2) is 34.8 Å². The van der Waals surface area contributed by atoms with E-state index in [0.717, 1.165) is 21.7 Å². The van der Waals surface area contributed by atoms with Crippen molar-refractivity contribution in [3.8, 4) is 11.4 Å². The van der Waals surface area contributed by atoms with Gasteiger partial charge in [0.2, 0.25) is 0 Å². The van der Waals surface area contributed by atoms with Crippen LogP contribution in [0.5, 0.6) is 0 Å². The molecule has 1 N–H and O–H groups in total. The summed E-state index contributed by atoms with van der Waals surface area (Å²) in [4.78, 5) is 7.14. The van der Waals surface area contributed by atoms with Crippen molar-refractivity contribution in [2.24, 2.45) is 0 Å². The van der Waals surface area contributed by atoms with Gasteiger partial charge in [-0.05, 0) is 31.2 Å². The van der Waals surface area contributed by atoms with Gasteiger partial charge < -0.3 is 4.98 Å². The van der Waals surface area contributed by atoms with Crippen molar-refractivity contribution < 1.29 is 8.78 Å². The van der Waals surface area contributed by atoms with E-state index < -0.39 is 11.6 Å². The molecule has 1 heterocycles. The number of hydrogen-bond acceptors (Lipinski definition) is 1. The van der Waals surface area contributed by atoms with Crippen molar-refractivity contribution in [1.82, 2.24) is 9.97 Å². The van der Waals surface area contributed by atoms with Crippen LogP contribution in [0.1, 0.15) is 5.56 Å². The van der Waals surface area contributed by atoms with E-state index in [2.05, 4.69) is 25.9 Å². The van der Waals surface area contributed by atoms with Crippen molar-refractivity contribution in [3.63, 3.8) is 0 Å². The molecule has 3 aromatic rings. The second-order valence-corrected chi connectivity index (χ2v) is 5.18. The van der Waals surface area contributed by atoms with Gasteiger partial charge in [0.15, 0.2) is 11.6 Å². The first kappa shape index (κ1) is 12.3. The largest absolute Gasteiger partial charge is 0.338 e. The fourth-order valence-electron chi connectivity index (χ4n) is 1.97. The van der Waals surface area contributed by atoms with E-state index in [0.29, 0.717) is 11.3 Å². The third-order valence-corrected chi connectivity index (χ3v) is 3.61. The van der Waals surface area contributed by atoms with Crippen LogP contribution in [0.25, 0.3) is 22.4 Å². The Balaban J connectivity index is 2.26. The highest BCUT2D eigenvalue weighted by atomic mass is 79.9. The lowest BCUT2D eigenvalue weighted by Gasteiger charge is -2.01. The molecule has 0 amide bonds. The Morgan fingerprint density at radius 1 is 1.16 bits per heavy atom. The van der Waals surface area contributed by atoms with Crippen molar-refractivity contribution in [3.05, 3.63) is 52.0 Å². The Morgan fingerprint density at radius 3 is 2.74 bits per heavy atom. The van der Waals surface area contributed by atoms with Crippen molar-refractivity contribution >= 4 is 27.0 Å². The molecule has 0 aliphatic heterocycles. The fourth-order valence-corrected chi connectivity index (χ4v) is 2.40. The van der Waals surface area contributed by atoms with E-state index in [9.17, 15) is 8.78 Å². The number of benzene rings is 2. The number of aryl methyl sites for hydroxylation is 1. The van der Waals surface area contributed by atoms with Gasteiger partial charge in [-0.2, -0.15) is 0 Å². The van der Waals surface area contributed by atoms with Crippen LogP contribution in [0, 0.1) is 18.6 Å². The first-order chi connectivity index (χ1) is 9.06. The molecule has 2 aromatic carbocycles. The number of imidazole rings is 1. The van der Waals surface area contributed by atoms with E-state index in [1.165, 1.54) is 6.07 Å². The van der Waals surface area contributed by atoms with Crippen LogP contribution < -0.4 is 0 Å². The molecule has 96 valence electrons. The number of halogens is 3. The fraction of sp³-hybridized carbons (Fsp3) is 0.0714. The zero-order chi connectivity index (χ0) is 13.6. The molecule has 0 saturated carbocycles. The molecule has 0 unspecified atom stereocenters. The lowest BCUT2D eigenvalue weighted by atomic mass is 10.1. The monoisotopic (exact) mass is 322 g/mol. The van der Waals surface area contributed by atoms with Crippen LogP contribution in [0.2, 0.25) is 0 Å². The lowest BCUT2D eigenvalue weighted by molar-refractivity contribution is 0.515. The highest BCUT2D eigenvalue weighted by Crippen LogP contribution is 2.29. The third kappa shape index (κ3) is 2.04. The molecule has 0 spiro atoms. The summed E-state index contributed by atoms with van der Waals surface area (Å²) in [6.45, 7) is 1.96. The molecule has 5 heteroatoms. The van der Waals surface area contributed by atoms with Crippen LogP contribution in [-0.2, 0) is 0 Å². The average molecular weight is 323 g/mol. The summed E-state index contributed by atoms with van der Waals surface area (Å²) >= 11 is 3.43. The highest BCUT2D eigenvalue weighted by molar-refractivity contribution is 9.10. The maximum absolute atomic E-state index is 13.6. The molecule has 1 aromatic heterocycles. The van der Waals surface area contributed by atoms with Gasteiger partial charge in [0.25, 0.3) is 0 Å². The summed E-state index contributed by atoms with van der Waals surface area (Å²) in [5.74, 6) is -1.31. The number of H-pyrrole nitrogens is 1. The minimum atomic E-state index is -0.927. The SMILES string of the molecule is Cc1ccc(Br)c(-c2nc3c(F)c(F)ccc3[nH]2)c1. The van der Waals surface area contributed by atoms with Crippen LogP contribution in [0.4, 0.5) is 8.78 Å². The summed E-state index contributed by atoms with van der Waals surface area (Å²) in [5.41, 5.74) is 2.37. The van der Waals surface area contributed by atoms with Gasteiger partial charge in [-0.3, -0.25) is 0 Å². The topological polar surface area (TPSA) is 28.7 Å². The third-order valence-electron chi connectivity index (χ3n) is 2.92. The van der Waals surface area contributed by atoms with E-state index in [-0.39, 0.29) is 5.52 Å². The van der Waals surface area contributed by atoms with Crippen molar-refractivity contribution in [2.75, 3.05) is 0 Å². The Hall–Kier alpha value is -1.75. The molecule has 0 saturated heterocycles. The number of rotatable bonds is 1. The summed E-state index contributed by atoms with van der Waals surface area (Å²) < 4.78 is 27.6. The number of nitrogens with one attached hydrogen (secondary N) is 1. The summed E-state index contributed by atoms with van der Waals surface area (Å²) in [6, 6.07) is 8.35. The molecule has 0 aliphatic rings. The molecule has 3 rings (SSSR count). The highest BCUT2D eigenvalue weighted by Gasteiger charge is 2.14. The minimum absolute atomic E-state index is 0.0170. The number of aromatic amines is 1.